The zero-order valence-electron chi connectivity index (χ0n) is 9.64. The maximum absolute atomic E-state index is 10.6. The van der Waals surface area contributed by atoms with Crippen molar-refractivity contribution in [3.63, 3.8) is 0 Å². The third kappa shape index (κ3) is 5.73. The molecule has 2 N–H and O–H groups in total. The molecular weight excluding hydrogens is 244 g/mol. The van der Waals surface area contributed by atoms with Crippen molar-refractivity contribution in [1.82, 2.24) is 10.3 Å². The van der Waals surface area contributed by atoms with Crippen molar-refractivity contribution >= 4 is 17.3 Å². The molecule has 0 aliphatic heterocycles. The summed E-state index contributed by atoms with van der Waals surface area (Å²) in [6, 6.07) is 0. The summed E-state index contributed by atoms with van der Waals surface area (Å²) in [5, 5.41) is 13.7. The van der Waals surface area contributed by atoms with Gasteiger partial charge in [0.2, 0.25) is 5.01 Å². The number of aromatic carboxylic acids is 1. The molecule has 1 aromatic heterocycles. The van der Waals surface area contributed by atoms with E-state index in [1.165, 1.54) is 0 Å². The molecule has 0 aromatic carbocycles. The first kappa shape index (κ1) is 14.0. The van der Waals surface area contributed by atoms with Crippen LogP contribution in [0.2, 0.25) is 0 Å². The van der Waals surface area contributed by atoms with Crippen molar-refractivity contribution in [2.45, 2.75) is 6.54 Å². The average Bonchev–Trinajstić information content (AvgIpc) is 2.77. The second-order valence-electron chi connectivity index (χ2n) is 3.23. The highest BCUT2D eigenvalue weighted by atomic mass is 32.1. The highest BCUT2D eigenvalue weighted by Crippen LogP contribution is 2.08. The number of carboxylic acid groups (broad SMARTS) is 1. The van der Waals surface area contributed by atoms with Gasteiger partial charge in [-0.2, -0.15) is 0 Å². The molecular formula is C10H16N2O4S. The summed E-state index contributed by atoms with van der Waals surface area (Å²) in [5.74, 6) is -0.982. The van der Waals surface area contributed by atoms with Gasteiger partial charge in [0.05, 0.1) is 25.5 Å². The van der Waals surface area contributed by atoms with E-state index in [1.54, 1.807) is 12.5 Å². The molecule has 0 amide bonds. The van der Waals surface area contributed by atoms with E-state index in [9.17, 15) is 4.79 Å². The number of carboxylic acids is 1. The molecule has 1 aromatic rings. The van der Waals surface area contributed by atoms with Crippen LogP contribution in [-0.2, 0) is 16.0 Å². The van der Waals surface area contributed by atoms with Crippen molar-refractivity contribution < 1.29 is 19.4 Å². The van der Waals surface area contributed by atoms with Crippen LogP contribution in [0.25, 0.3) is 0 Å². The molecule has 0 bridgehead atoms. The van der Waals surface area contributed by atoms with Crippen LogP contribution in [0.3, 0.4) is 0 Å². The van der Waals surface area contributed by atoms with Gasteiger partial charge in [-0.3, -0.25) is 0 Å². The molecule has 0 saturated heterocycles. The highest BCUT2D eigenvalue weighted by Gasteiger charge is 2.07. The summed E-state index contributed by atoms with van der Waals surface area (Å²) >= 11 is 1.13. The van der Waals surface area contributed by atoms with E-state index in [-0.39, 0.29) is 5.01 Å². The second-order valence-corrected chi connectivity index (χ2v) is 4.09. The lowest BCUT2D eigenvalue weighted by molar-refractivity contribution is 0.0695. The molecule has 0 fully saturated rings. The maximum atomic E-state index is 10.6. The molecule has 96 valence electrons. The van der Waals surface area contributed by atoms with Crippen LogP contribution in [0.15, 0.2) is 5.38 Å². The van der Waals surface area contributed by atoms with Gasteiger partial charge in [-0.25, -0.2) is 9.78 Å². The van der Waals surface area contributed by atoms with Crippen LogP contribution >= 0.6 is 11.3 Å². The van der Waals surface area contributed by atoms with E-state index in [4.69, 9.17) is 14.6 Å². The number of nitrogens with one attached hydrogen (secondary N) is 1. The number of thiazole rings is 1. The monoisotopic (exact) mass is 260 g/mol. The van der Waals surface area contributed by atoms with Crippen LogP contribution in [-0.4, -0.2) is 49.5 Å². The first-order valence-corrected chi connectivity index (χ1v) is 6.07. The molecule has 0 aliphatic rings. The minimum absolute atomic E-state index is 0.123. The van der Waals surface area contributed by atoms with E-state index in [2.05, 4.69) is 10.3 Å². The Morgan fingerprint density at radius 3 is 3.00 bits per heavy atom. The normalized spacial score (nSPS) is 10.6. The summed E-state index contributed by atoms with van der Waals surface area (Å²) in [4.78, 5) is 14.5. The average molecular weight is 260 g/mol. The van der Waals surface area contributed by atoms with E-state index in [0.29, 0.717) is 32.9 Å². The lowest BCUT2D eigenvalue weighted by atomic mass is 10.5. The van der Waals surface area contributed by atoms with Crippen molar-refractivity contribution in [3.05, 3.63) is 16.1 Å². The van der Waals surface area contributed by atoms with Gasteiger partial charge in [0.25, 0.3) is 0 Å². The minimum Gasteiger partial charge on any atom is -0.476 e. The quantitative estimate of drug-likeness (QED) is 0.633. The number of methoxy groups -OCH3 is 1. The van der Waals surface area contributed by atoms with Crippen LogP contribution in [0, 0.1) is 0 Å². The van der Waals surface area contributed by atoms with E-state index >= 15 is 0 Å². The summed E-state index contributed by atoms with van der Waals surface area (Å²) in [6.07, 6.45) is 0. The Morgan fingerprint density at radius 1 is 1.53 bits per heavy atom. The van der Waals surface area contributed by atoms with Gasteiger partial charge in [-0.05, 0) is 0 Å². The molecule has 0 radical (unpaired) electrons. The first-order chi connectivity index (χ1) is 8.24. The molecule has 0 unspecified atom stereocenters. The molecule has 17 heavy (non-hydrogen) atoms. The lowest BCUT2D eigenvalue weighted by Gasteiger charge is -2.04. The first-order valence-electron chi connectivity index (χ1n) is 5.19. The SMILES string of the molecule is COCCOCCNCc1csc(C(=O)O)n1. The summed E-state index contributed by atoms with van der Waals surface area (Å²) in [6.45, 7) is 3.02. The smallest absolute Gasteiger partial charge is 0.365 e. The zero-order valence-corrected chi connectivity index (χ0v) is 10.5. The number of ether oxygens (including phenoxy) is 2. The predicted molar refractivity (Wildman–Crippen MR) is 63.5 cm³/mol. The molecule has 1 heterocycles. The largest absolute Gasteiger partial charge is 0.476 e. The van der Waals surface area contributed by atoms with Crippen LogP contribution in [0.1, 0.15) is 15.5 Å². The number of rotatable bonds is 9. The number of hydrogen-bond donors (Lipinski definition) is 2. The van der Waals surface area contributed by atoms with Gasteiger partial charge < -0.3 is 19.9 Å². The maximum Gasteiger partial charge on any atom is 0.365 e. The van der Waals surface area contributed by atoms with Gasteiger partial charge in [0.1, 0.15) is 0 Å². The van der Waals surface area contributed by atoms with Gasteiger partial charge in [0, 0.05) is 25.6 Å². The second kappa shape index (κ2) is 8.13. The summed E-state index contributed by atoms with van der Waals surface area (Å²) in [5.41, 5.74) is 0.740. The molecule has 0 atom stereocenters. The Bertz CT molecular complexity index is 343. The minimum atomic E-state index is -0.982. The number of hydrogen-bond acceptors (Lipinski definition) is 6. The van der Waals surface area contributed by atoms with Gasteiger partial charge >= 0.3 is 5.97 Å². The van der Waals surface area contributed by atoms with Crippen molar-refractivity contribution in [1.29, 1.82) is 0 Å². The molecule has 7 heteroatoms. The molecule has 6 nitrogen and oxygen atoms in total. The fourth-order valence-electron chi connectivity index (χ4n) is 1.09. The molecule has 0 spiro atoms. The Labute approximate surface area is 104 Å². The topological polar surface area (TPSA) is 80.7 Å². The highest BCUT2D eigenvalue weighted by molar-refractivity contribution is 7.11. The van der Waals surface area contributed by atoms with Crippen molar-refractivity contribution in [2.24, 2.45) is 0 Å². The third-order valence-electron chi connectivity index (χ3n) is 1.90. The lowest BCUT2D eigenvalue weighted by Crippen LogP contribution is -2.20. The van der Waals surface area contributed by atoms with Crippen LogP contribution < -0.4 is 5.32 Å². The fourth-order valence-corrected chi connectivity index (χ4v) is 1.75. The fraction of sp³-hybridized carbons (Fsp3) is 0.600. The Kier molecular flexibility index (Phi) is 6.71. The third-order valence-corrected chi connectivity index (χ3v) is 2.77. The van der Waals surface area contributed by atoms with E-state index < -0.39 is 5.97 Å². The number of nitrogens with zero attached hydrogens (tertiary/aromatic N) is 1. The van der Waals surface area contributed by atoms with Gasteiger partial charge in [0.15, 0.2) is 0 Å². The van der Waals surface area contributed by atoms with Crippen LogP contribution in [0.4, 0.5) is 0 Å². The molecule has 1 rings (SSSR count). The number of aromatic nitrogens is 1. The van der Waals surface area contributed by atoms with Crippen molar-refractivity contribution in [3.8, 4) is 0 Å². The molecule has 0 saturated carbocycles. The van der Waals surface area contributed by atoms with E-state index in [0.717, 1.165) is 17.0 Å². The Balaban J connectivity index is 2.07. The number of carbonyl (C=O) groups is 1. The predicted octanol–water partition coefficient (Wildman–Crippen LogP) is 0.594. The molecule has 0 aliphatic carbocycles. The standard InChI is InChI=1S/C10H16N2O4S/c1-15-4-5-16-3-2-11-6-8-7-17-9(12-8)10(13)14/h7,11H,2-6H2,1H3,(H,13,14). The van der Waals surface area contributed by atoms with Gasteiger partial charge in [-0.15, -0.1) is 11.3 Å². The summed E-state index contributed by atoms with van der Waals surface area (Å²) in [7, 11) is 1.63. The Morgan fingerprint density at radius 2 is 2.35 bits per heavy atom. The van der Waals surface area contributed by atoms with Crippen LogP contribution in [0.5, 0.6) is 0 Å². The Hall–Kier alpha value is -1.02. The van der Waals surface area contributed by atoms with Gasteiger partial charge in [-0.1, -0.05) is 0 Å². The van der Waals surface area contributed by atoms with Crippen molar-refractivity contribution in [2.75, 3.05) is 33.5 Å². The van der Waals surface area contributed by atoms with E-state index in [1.807, 2.05) is 0 Å². The summed E-state index contributed by atoms with van der Waals surface area (Å²) < 4.78 is 10.1. The zero-order chi connectivity index (χ0) is 12.5.